The van der Waals surface area contributed by atoms with Gasteiger partial charge in [0.05, 0.1) is 18.7 Å². The fourth-order valence-electron chi connectivity index (χ4n) is 0.827. The average Bonchev–Trinajstić information content (AvgIpc) is 2.33. The third-order valence-corrected chi connectivity index (χ3v) is 1.92. The van der Waals surface area contributed by atoms with Crippen molar-refractivity contribution in [2.24, 2.45) is 15.7 Å². The first-order chi connectivity index (χ1) is 8.47. The van der Waals surface area contributed by atoms with E-state index in [0.717, 1.165) is 25.7 Å². The lowest BCUT2D eigenvalue weighted by atomic mass is 10.1. The number of nitrogens with two attached hydrogens (primary N) is 1. The monoisotopic (exact) mass is 257 g/mol. The van der Waals surface area contributed by atoms with Gasteiger partial charge in [-0.15, -0.1) is 0 Å². The van der Waals surface area contributed by atoms with Crippen LogP contribution in [-0.2, 0) is 9.59 Å². The van der Waals surface area contributed by atoms with Crippen LogP contribution in [-0.4, -0.2) is 42.5 Å². The van der Waals surface area contributed by atoms with Gasteiger partial charge in [-0.1, -0.05) is 12.8 Å². The molecule has 0 saturated carbocycles. The van der Waals surface area contributed by atoms with Gasteiger partial charge in [-0.2, -0.15) is 0 Å². The molecular weight excluding hydrogens is 234 g/mol. The van der Waals surface area contributed by atoms with Gasteiger partial charge in [0.2, 0.25) is 12.2 Å². The Bertz CT molecular complexity index is 253. The highest BCUT2D eigenvalue weighted by atomic mass is 16.3. The fraction of sp³-hybridized carbons (Fsp3) is 0.833. The van der Waals surface area contributed by atoms with E-state index in [0.29, 0.717) is 19.6 Å². The normalized spacial score (nSPS) is 9.56. The zero-order valence-corrected chi connectivity index (χ0v) is 11.2. The second-order valence-electron chi connectivity index (χ2n) is 4.38. The fourth-order valence-corrected chi connectivity index (χ4v) is 0.827. The minimum atomic E-state index is -0.681. The van der Waals surface area contributed by atoms with Crippen LogP contribution in [0.2, 0.25) is 0 Å². The molecule has 0 atom stereocenters. The average molecular weight is 257 g/mol. The first-order valence-electron chi connectivity index (χ1n) is 5.97. The standard InChI is InChI=1S/C8H12N2O2.C4H11NO/c11-7-9-5-3-1-2-4-6-10-8-12;1-4(2,6)3-5/h1-6H2;6H,3,5H2,1-2H3. The van der Waals surface area contributed by atoms with E-state index in [9.17, 15) is 9.59 Å². The molecular formula is C12H23N3O3. The summed E-state index contributed by atoms with van der Waals surface area (Å²) in [5.74, 6) is 0. The molecule has 0 rings (SSSR count). The largest absolute Gasteiger partial charge is 0.389 e. The third-order valence-electron chi connectivity index (χ3n) is 1.92. The van der Waals surface area contributed by atoms with E-state index in [2.05, 4.69) is 9.98 Å². The number of carbonyl (C=O) groups excluding carboxylic acids is 2. The first kappa shape index (κ1) is 19.0. The van der Waals surface area contributed by atoms with Crippen molar-refractivity contribution in [2.45, 2.75) is 45.1 Å². The van der Waals surface area contributed by atoms with E-state index < -0.39 is 5.60 Å². The second kappa shape index (κ2) is 13.7. The highest BCUT2D eigenvalue weighted by Gasteiger charge is 2.06. The molecule has 0 aliphatic carbocycles. The maximum absolute atomic E-state index is 9.63. The molecule has 0 fully saturated rings. The Labute approximate surface area is 108 Å². The Morgan fingerprint density at radius 1 is 1.00 bits per heavy atom. The van der Waals surface area contributed by atoms with E-state index in [4.69, 9.17) is 10.8 Å². The molecule has 0 aliphatic rings. The predicted molar refractivity (Wildman–Crippen MR) is 69.8 cm³/mol. The zero-order chi connectivity index (χ0) is 14.3. The molecule has 0 unspecified atom stereocenters. The predicted octanol–water partition coefficient (Wildman–Crippen LogP) is 0.934. The number of unbranched alkanes of at least 4 members (excludes halogenated alkanes) is 3. The number of aliphatic imine (C=N–C) groups is 2. The van der Waals surface area contributed by atoms with Gasteiger partial charge in [-0.3, -0.25) is 0 Å². The van der Waals surface area contributed by atoms with Crippen molar-refractivity contribution >= 4 is 12.2 Å². The van der Waals surface area contributed by atoms with Crippen molar-refractivity contribution in [1.29, 1.82) is 0 Å². The number of nitrogens with zero attached hydrogens (tertiary/aromatic N) is 2. The number of hydrogen-bond acceptors (Lipinski definition) is 6. The highest BCUT2D eigenvalue weighted by molar-refractivity contribution is 5.32. The third kappa shape index (κ3) is 24.1. The number of isocyanates is 2. The summed E-state index contributed by atoms with van der Waals surface area (Å²) in [6.07, 6.45) is 6.80. The highest BCUT2D eigenvalue weighted by Crippen LogP contribution is 1.99. The summed E-state index contributed by atoms with van der Waals surface area (Å²) >= 11 is 0. The van der Waals surface area contributed by atoms with E-state index in [1.54, 1.807) is 13.8 Å². The van der Waals surface area contributed by atoms with E-state index in [1.807, 2.05) is 0 Å². The Kier molecular flexibility index (Phi) is 14.5. The molecule has 0 aromatic rings. The number of aliphatic hydroxyl groups is 1. The van der Waals surface area contributed by atoms with Gasteiger partial charge >= 0.3 is 0 Å². The quantitative estimate of drug-likeness (QED) is 0.383. The maximum Gasteiger partial charge on any atom is 0.234 e. The molecule has 0 aromatic carbocycles. The molecule has 0 saturated heterocycles. The van der Waals surface area contributed by atoms with Crippen molar-refractivity contribution in [1.82, 2.24) is 0 Å². The molecule has 104 valence electrons. The first-order valence-corrected chi connectivity index (χ1v) is 5.97. The summed E-state index contributed by atoms with van der Waals surface area (Å²) in [6.45, 7) is 4.79. The minimum absolute atomic E-state index is 0.326. The molecule has 0 amide bonds. The Morgan fingerprint density at radius 3 is 1.56 bits per heavy atom. The Morgan fingerprint density at radius 2 is 1.33 bits per heavy atom. The summed E-state index contributed by atoms with van der Waals surface area (Å²) < 4.78 is 0. The van der Waals surface area contributed by atoms with Crippen LogP contribution in [0.3, 0.4) is 0 Å². The van der Waals surface area contributed by atoms with Gasteiger partial charge in [-0.05, 0) is 26.7 Å². The molecule has 0 heterocycles. The minimum Gasteiger partial charge on any atom is -0.389 e. The van der Waals surface area contributed by atoms with Crippen LogP contribution in [0.15, 0.2) is 9.98 Å². The van der Waals surface area contributed by atoms with Gasteiger partial charge in [0.1, 0.15) is 0 Å². The summed E-state index contributed by atoms with van der Waals surface area (Å²) in [7, 11) is 0. The van der Waals surface area contributed by atoms with Crippen LogP contribution in [0.1, 0.15) is 39.5 Å². The molecule has 0 spiro atoms. The summed E-state index contributed by atoms with van der Waals surface area (Å²) in [5.41, 5.74) is 4.38. The molecule has 3 N–H and O–H groups in total. The van der Waals surface area contributed by atoms with Gasteiger partial charge < -0.3 is 10.8 Å². The molecule has 18 heavy (non-hydrogen) atoms. The van der Waals surface area contributed by atoms with Crippen molar-refractivity contribution in [3.8, 4) is 0 Å². The molecule has 6 heteroatoms. The van der Waals surface area contributed by atoms with E-state index in [1.165, 1.54) is 12.2 Å². The lowest BCUT2D eigenvalue weighted by molar-refractivity contribution is 0.0898. The van der Waals surface area contributed by atoms with E-state index >= 15 is 0 Å². The smallest absolute Gasteiger partial charge is 0.234 e. The number of hydrogen-bond donors (Lipinski definition) is 2. The van der Waals surface area contributed by atoms with E-state index in [-0.39, 0.29) is 0 Å². The van der Waals surface area contributed by atoms with Crippen LogP contribution in [0, 0.1) is 0 Å². The molecule has 0 aliphatic heterocycles. The summed E-state index contributed by atoms with van der Waals surface area (Å²) in [5, 5.41) is 8.70. The summed E-state index contributed by atoms with van der Waals surface area (Å²) in [6, 6.07) is 0. The second-order valence-corrected chi connectivity index (χ2v) is 4.38. The molecule has 0 bridgehead atoms. The lowest BCUT2D eigenvalue weighted by Crippen LogP contribution is -2.29. The van der Waals surface area contributed by atoms with Crippen molar-refractivity contribution in [2.75, 3.05) is 19.6 Å². The molecule has 0 aromatic heterocycles. The van der Waals surface area contributed by atoms with Gasteiger partial charge in [-0.25, -0.2) is 19.6 Å². The molecule has 0 radical (unpaired) electrons. The Hall–Kier alpha value is -1.32. The van der Waals surface area contributed by atoms with Crippen LogP contribution >= 0.6 is 0 Å². The topological polar surface area (TPSA) is 105 Å². The lowest BCUT2D eigenvalue weighted by Gasteiger charge is -2.11. The summed E-state index contributed by atoms with van der Waals surface area (Å²) in [4.78, 5) is 26.1. The van der Waals surface area contributed by atoms with Crippen molar-refractivity contribution in [3.63, 3.8) is 0 Å². The Balaban J connectivity index is 0. The maximum atomic E-state index is 9.63. The SMILES string of the molecule is CC(C)(O)CN.O=C=NCCCCCCN=C=O. The van der Waals surface area contributed by atoms with Crippen LogP contribution in [0.25, 0.3) is 0 Å². The van der Waals surface area contributed by atoms with Crippen LogP contribution < -0.4 is 5.73 Å². The van der Waals surface area contributed by atoms with Gasteiger partial charge in [0.15, 0.2) is 0 Å². The van der Waals surface area contributed by atoms with Crippen molar-refractivity contribution < 1.29 is 14.7 Å². The zero-order valence-electron chi connectivity index (χ0n) is 11.2. The van der Waals surface area contributed by atoms with Gasteiger partial charge in [0, 0.05) is 6.54 Å². The van der Waals surface area contributed by atoms with Gasteiger partial charge in [0.25, 0.3) is 0 Å². The van der Waals surface area contributed by atoms with Crippen molar-refractivity contribution in [3.05, 3.63) is 0 Å². The van der Waals surface area contributed by atoms with Crippen LogP contribution in [0.4, 0.5) is 0 Å². The molecule has 6 nitrogen and oxygen atoms in total. The number of rotatable bonds is 8. The van der Waals surface area contributed by atoms with Crippen LogP contribution in [0.5, 0.6) is 0 Å².